The van der Waals surface area contributed by atoms with Gasteiger partial charge in [0.05, 0.1) is 0 Å². The molecule has 1 unspecified atom stereocenters. The number of pyridine rings is 4. The fourth-order valence-corrected chi connectivity index (χ4v) is 9.13. The van der Waals surface area contributed by atoms with Crippen LogP contribution < -0.4 is 18.3 Å². The Balaban J connectivity index is 0.000000238. The maximum atomic E-state index is 8.34. The van der Waals surface area contributed by atoms with Crippen LogP contribution in [0.1, 0.15) is 175 Å². The molecule has 4 nitrogen and oxygen atoms in total. The number of aromatic nitrogens is 4. The van der Waals surface area contributed by atoms with E-state index in [1.807, 2.05) is 77.4 Å². The summed E-state index contributed by atoms with van der Waals surface area (Å²) >= 11 is 0. The molecule has 4 heterocycles. The molecule has 1 atom stereocenters. The summed E-state index contributed by atoms with van der Waals surface area (Å²) in [6.45, 7) is 5.85. The third-order valence-corrected chi connectivity index (χ3v) is 13.3. The molecule has 388 valence electrons. The highest BCUT2D eigenvalue weighted by atomic mass is 14.9. The Hall–Kier alpha value is -6.52. The number of benzene rings is 4. The largest absolute Gasteiger partial charge is 0.212 e. The summed E-state index contributed by atoms with van der Waals surface area (Å²) in [5.74, 6) is -2.34. The fraction of sp³-hybridized carbons (Fsp3) is 0.371. The van der Waals surface area contributed by atoms with Crippen molar-refractivity contribution in [2.45, 2.75) is 149 Å². The molecule has 0 amide bonds. The van der Waals surface area contributed by atoms with Crippen molar-refractivity contribution in [3.8, 4) is 45.0 Å². The highest BCUT2D eigenvalue weighted by Gasteiger charge is 2.19. The van der Waals surface area contributed by atoms with Crippen molar-refractivity contribution in [3.05, 3.63) is 210 Å². The predicted molar refractivity (Wildman–Crippen MR) is 316 cm³/mol. The van der Waals surface area contributed by atoms with Gasteiger partial charge in [0.25, 0.3) is 0 Å². The Morgan fingerprint density at radius 1 is 0.378 bits per heavy atom. The number of aryl methyl sites for hydroxylation is 19. The summed E-state index contributed by atoms with van der Waals surface area (Å²) in [7, 11) is 7.19. The van der Waals surface area contributed by atoms with Crippen LogP contribution in [-0.2, 0) is 34.6 Å². The maximum Gasteiger partial charge on any atom is 0.212 e. The van der Waals surface area contributed by atoms with Gasteiger partial charge in [-0.3, -0.25) is 0 Å². The lowest BCUT2D eigenvalue weighted by atomic mass is 9.92. The minimum Gasteiger partial charge on any atom is -0.201 e. The second kappa shape index (κ2) is 25.1. The zero-order valence-electron chi connectivity index (χ0n) is 71.3. The van der Waals surface area contributed by atoms with Gasteiger partial charge in [0.1, 0.15) is 28.2 Å². The minimum atomic E-state index is -2.77. The smallest absolute Gasteiger partial charge is 0.201 e. The molecule has 0 aliphatic heterocycles. The van der Waals surface area contributed by atoms with E-state index in [4.69, 9.17) is 34.3 Å². The van der Waals surface area contributed by atoms with Gasteiger partial charge in [-0.1, -0.05) is 58.7 Å². The van der Waals surface area contributed by atoms with Crippen LogP contribution in [0.25, 0.3) is 45.0 Å². The second-order valence-corrected chi connectivity index (χ2v) is 19.8. The topological polar surface area (TPSA) is 15.5 Å². The third-order valence-electron chi connectivity index (χ3n) is 13.3. The van der Waals surface area contributed by atoms with E-state index in [0.717, 1.165) is 84.0 Å². The Morgan fingerprint density at radius 2 is 0.770 bits per heavy atom. The van der Waals surface area contributed by atoms with Gasteiger partial charge in [0.2, 0.25) is 22.8 Å². The van der Waals surface area contributed by atoms with E-state index < -0.39 is 66.1 Å². The van der Waals surface area contributed by atoms with E-state index in [-0.39, 0.29) is 16.7 Å². The zero-order valence-corrected chi connectivity index (χ0v) is 46.3. The van der Waals surface area contributed by atoms with Crippen LogP contribution in [0.15, 0.2) is 116 Å². The summed E-state index contributed by atoms with van der Waals surface area (Å²) < 4.78 is 198. The van der Waals surface area contributed by atoms with Gasteiger partial charge in [-0.05, 0) is 230 Å². The van der Waals surface area contributed by atoms with Crippen molar-refractivity contribution < 1.29 is 52.5 Å². The predicted octanol–water partition coefficient (Wildman–Crippen LogP) is 15.8. The Kier molecular flexibility index (Phi) is 10.9. The molecule has 0 spiro atoms. The molecule has 0 saturated carbocycles. The lowest BCUT2D eigenvalue weighted by molar-refractivity contribution is -0.660. The lowest BCUT2D eigenvalue weighted by Gasteiger charge is -2.14. The van der Waals surface area contributed by atoms with Gasteiger partial charge in [0.15, 0.2) is 24.8 Å². The first-order valence-corrected chi connectivity index (χ1v) is 24.5. The van der Waals surface area contributed by atoms with Crippen LogP contribution in [-0.4, -0.2) is 0 Å². The Labute approximate surface area is 484 Å². The van der Waals surface area contributed by atoms with E-state index in [2.05, 4.69) is 12.1 Å². The highest BCUT2D eigenvalue weighted by molar-refractivity contribution is 5.66. The average Bonchev–Trinajstić information content (AvgIpc) is 0.779. The molecular formula is C70H92N4+4. The number of hydrogen-bond donors (Lipinski definition) is 0. The summed E-state index contributed by atoms with van der Waals surface area (Å²) in [6.07, 6.45) is 3.98. The zero-order chi connectivity index (χ0) is 76.2. The molecule has 0 bridgehead atoms. The van der Waals surface area contributed by atoms with Crippen LogP contribution in [0.4, 0.5) is 0 Å². The third kappa shape index (κ3) is 14.2. The molecule has 4 aromatic heterocycles. The summed E-state index contributed by atoms with van der Waals surface area (Å²) in [5.41, 5.74) is 17.4. The molecular weight excluding hydrogens is 897 g/mol. The SMILES string of the molecule is [2H]C([2H])([2H])c1cc(C)c(-c2cc(C)c(C([2H])([2H])[2H])c[n+]2C)cc1C.[2H]C([2H])([2H])c1ccc(-c2cc(C)c(C([2H])(C)C([2H])([2H])[2H])cc2C)[n+](C)c1.[2H]C([2H])([2H])c1ccc(-c2cc(C)c(C([2H])(C)C)cc2C)[n+](C)c1.[2H]C([2H])([2H])c1ccc(-c2cc(C)c(C([2H])([2H])C([2H])([2H])[2H])cc2C)[n+](C)c1. The number of hydrogen-bond acceptors (Lipinski definition) is 0. The van der Waals surface area contributed by atoms with E-state index >= 15 is 0 Å². The van der Waals surface area contributed by atoms with E-state index in [0.29, 0.717) is 38.9 Å². The molecule has 8 rings (SSSR count). The summed E-state index contributed by atoms with van der Waals surface area (Å²) in [4.78, 5) is 0. The van der Waals surface area contributed by atoms with Gasteiger partial charge in [-0.15, -0.1) is 0 Å². The fourth-order valence-electron chi connectivity index (χ4n) is 9.13. The van der Waals surface area contributed by atoms with Crippen molar-refractivity contribution in [1.82, 2.24) is 0 Å². The molecule has 0 fully saturated rings. The molecule has 74 heavy (non-hydrogen) atoms. The first-order valence-electron chi connectivity index (χ1n) is 37.0. The van der Waals surface area contributed by atoms with Gasteiger partial charge in [0, 0.05) is 103 Å². The number of rotatable bonds is 7. The minimum absolute atomic E-state index is 0.139. The molecule has 0 saturated heterocycles. The van der Waals surface area contributed by atoms with Gasteiger partial charge in [-0.2, -0.15) is 0 Å². The average molecular weight is 1010 g/mol. The van der Waals surface area contributed by atoms with Crippen molar-refractivity contribution >= 4 is 0 Å². The lowest BCUT2D eigenvalue weighted by Crippen LogP contribution is -2.31. The molecule has 4 aromatic carbocycles. The quantitative estimate of drug-likeness (QED) is 0.141. The van der Waals surface area contributed by atoms with Gasteiger partial charge < -0.3 is 0 Å². The molecule has 0 aliphatic rings. The van der Waals surface area contributed by atoms with Crippen molar-refractivity contribution in [2.24, 2.45) is 28.2 Å². The van der Waals surface area contributed by atoms with Crippen LogP contribution in [0.5, 0.6) is 0 Å². The Morgan fingerprint density at radius 3 is 1.19 bits per heavy atom. The molecule has 0 radical (unpaired) electrons. The molecule has 8 aromatic rings. The first kappa shape index (κ1) is 32.0. The van der Waals surface area contributed by atoms with Crippen LogP contribution in [0.3, 0.4) is 0 Å². The van der Waals surface area contributed by atoms with Crippen LogP contribution in [0.2, 0.25) is 0 Å². The van der Waals surface area contributed by atoms with E-state index in [9.17, 15) is 0 Å². The first-order chi connectivity index (χ1) is 44.5. The molecule has 4 heteroatoms. The van der Waals surface area contributed by atoms with Gasteiger partial charge in [-0.25, -0.2) is 18.3 Å². The monoisotopic (exact) mass is 1010 g/mol. The van der Waals surface area contributed by atoms with Crippen molar-refractivity contribution in [2.75, 3.05) is 0 Å². The maximum absolute atomic E-state index is 8.34. The van der Waals surface area contributed by atoms with Crippen molar-refractivity contribution in [3.63, 3.8) is 0 Å². The Bertz CT molecular complexity index is 4080. The van der Waals surface area contributed by atoms with Crippen molar-refractivity contribution in [1.29, 1.82) is 0 Å². The van der Waals surface area contributed by atoms with Crippen LogP contribution >= 0.6 is 0 Å². The standard InChI is InChI=1S/2C18H24N.2C17H22N/c2*1-12(2)16-9-15(5)17(10-14(16)4)18-8-7-13(3)11-19(18)6;1-11-7-14(4)16(8-12(11)2)17-9-13(3)15(5)10-18(17)6;1-6-15-9-14(4)16(10-13(15)3)17-8-7-12(2)11-18(17)5/h2*7-12H,1-6H3;7-10H,1-6H3;7-11H,6H2,1-5H3/q4*+1/i1D3,3D3,12D;3D3,12D;1D3,5D3;1D3,2D3,6D2. The highest BCUT2D eigenvalue weighted by Crippen LogP contribution is 2.31. The number of nitrogens with zero attached hydrogens (tertiary/aromatic N) is 4. The summed E-state index contributed by atoms with van der Waals surface area (Å²) in [5, 5.41) is 0. The van der Waals surface area contributed by atoms with Gasteiger partial charge >= 0.3 is 0 Å². The molecule has 0 aliphatic carbocycles. The molecule has 0 N–H and O–H groups in total. The normalized spacial score (nSPS) is 18.2. The van der Waals surface area contributed by atoms with E-state index in [1.165, 1.54) is 6.92 Å². The van der Waals surface area contributed by atoms with E-state index in [1.54, 1.807) is 149 Å². The summed E-state index contributed by atoms with van der Waals surface area (Å²) in [6, 6.07) is 26.6. The van der Waals surface area contributed by atoms with Crippen LogP contribution in [0, 0.1) is 96.6 Å². The second-order valence-electron chi connectivity index (χ2n) is 19.8.